The predicted molar refractivity (Wildman–Crippen MR) is 96.5 cm³/mol. The molecule has 27 heavy (non-hydrogen) atoms. The maximum absolute atomic E-state index is 12.9. The zero-order chi connectivity index (χ0) is 18.5. The Morgan fingerprint density at radius 2 is 1.93 bits per heavy atom. The summed E-state index contributed by atoms with van der Waals surface area (Å²) < 4.78 is 29.1. The SMILES string of the molecule is Fc1ccc(COc2cccc(NCc3nc(-c4ccco4)no3)c2)cc1. The third-order valence-electron chi connectivity index (χ3n) is 3.81. The highest BCUT2D eigenvalue weighted by atomic mass is 19.1. The largest absolute Gasteiger partial charge is 0.489 e. The van der Waals surface area contributed by atoms with Gasteiger partial charge < -0.3 is 19.0 Å². The van der Waals surface area contributed by atoms with Crippen LogP contribution in [0.25, 0.3) is 11.6 Å². The minimum absolute atomic E-state index is 0.263. The number of hydrogen-bond acceptors (Lipinski definition) is 6. The lowest BCUT2D eigenvalue weighted by Gasteiger charge is -2.09. The molecule has 0 bridgehead atoms. The van der Waals surface area contributed by atoms with E-state index in [4.69, 9.17) is 13.7 Å². The van der Waals surface area contributed by atoms with Gasteiger partial charge in [-0.05, 0) is 42.0 Å². The standard InChI is InChI=1S/C20H16FN3O3/c21-15-8-6-14(7-9-15)13-26-17-4-1-3-16(11-17)22-12-19-23-20(24-27-19)18-5-2-10-25-18/h1-11,22H,12-13H2. The molecule has 0 saturated carbocycles. The number of rotatable bonds is 7. The fourth-order valence-corrected chi connectivity index (χ4v) is 2.45. The summed E-state index contributed by atoms with van der Waals surface area (Å²) in [6.07, 6.45) is 1.56. The highest BCUT2D eigenvalue weighted by molar-refractivity contribution is 5.48. The Balaban J connectivity index is 1.34. The average molecular weight is 365 g/mol. The lowest BCUT2D eigenvalue weighted by Crippen LogP contribution is -2.01. The first-order valence-corrected chi connectivity index (χ1v) is 8.34. The molecule has 2 aromatic heterocycles. The molecule has 6 nitrogen and oxygen atoms in total. The molecule has 0 aliphatic carbocycles. The second-order valence-electron chi connectivity index (χ2n) is 5.79. The van der Waals surface area contributed by atoms with Crippen LogP contribution in [-0.4, -0.2) is 10.1 Å². The van der Waals surface area contributed by atoms with Crippen LogP contribution in [0.4, 0.5) is 10.1 Å². The predicted octanol–water partition coefficient (Wildman–Crippen LogP) is 4.66. The van der Waals surface area contributed by atoms with E-state index in [1.54, 1.807) is 30.5 Å². The van der Waals surface area contributed by atoms with Crippen LogP contribution < -0.4 is 10.1 Å². The van der Waals surface area contributed by atoms with Crippen molar-refractivity contribution in [3.8, 4) is 17.3 Å². The van der Waals surface area contributed by atoms with E-state index in [1.807, 2.05) is 24.3 Å². The smallest absolute Gasteiger partial charge is 0.246 e. The van der Waals surface area contributed by atoms with E-state index in [-0.39, 0.29) is 5.82 Å². The van der Waals surface area contributed by atoms with Crippen LogP contribution in [0.1, 0.15) is 11.5 Å². The van der Waals surface area contributed by atoms with E-state index in [0.717, 1.165) is 11.3 Å². The molecule has 136 valence electrons. The first-order valence-electron chi connectivity index (χ1n) is 8.34. The Morgan fingerprint density at radius 1 is 1.04 bits per heavy atom. The Morgan fingerprint density at radius 3 is 2.74 bits per heavy atom. The van der Waals surface area contributed by atoms with Gasteiger partial charge in [-0.1, -0.05) is 23.4 Å². The number of halogens is 1. The third-order valence-corrected chi connectivity index (χ3v) is 3.81. The van der Waals surface area contributed by atoms with Crippen molar-refractivity contribution in [2.24, 2.45) is 0 Å². The summed E-state index contributed by atoms with van der Waals surface area (Å²) in [6.45, 7) is 0.731. The highest BCUT2D eigenvalue weighted by Crippen LogP contribution is 2.20. The maximum Gasteiger partial charge on any atom is 0.246 e. The lowest BCUT2D eigenvalue weighted by molar-refractivity contribution is 0.306. The average Bonchev–Trinajstić information content (AvgIpc) is 3.38. The van der Waals surface area contributed by atoms with Crippen molar-refractivity contribution in [2.45, 2.75) is 13.2 Å². The highest BCUT2D eigenvalue weighted by Gasteiger charge is 2.10. The lowest BCUT2D eigenvalue weighted by atomic mass is 10.2. The summed E-state index contributed by atoms with van der Waals surface area (Å²) in [5.74, 6) is 1.85. The fraction of sp³-hybridized carbons (Fsp3) is 0.100. The molecule has 0 radical (unpaired) electrons. The monoisotopic (exact) mass is 365 g/mol. The Labute approximate surface area is 154 Å². The second kappa shape index (κ2) is 7.74. The molecule has 4 rings (SSSR count). The Bertz CT molecular complexity index is 998. The van der Waals surface area contributed by atoms with Crippen LogP contribution in [0.3, 0.4) is 0 Å². The van der Waals surface area contributed by atoms with Gasteiger partial charge in [0.2, 0.25) is 11.7 Å². The second-order valence-corrected chi connectivity index (χ2v) is 5.79. The van der Waals surface area contributed by atoms with Gasteiger partial charge in [0.25, 0.3) is 0 Å². The van der Waals surface area contributed by atoms with Crippen molar-refractivity contribution in [2.75, 3.05) is 5.32 Å². The van der Waals surface area contributed by atoms with E-state index in [1.165, 1.54) is 12.1 Å². The van der Waals surface area contributed by atoms with Crippen molar-refractivity contribution in [3.05, 3.63) is 84.2 Å². The molecule has 0 fully saturated rings. The number of hydrogen-bond donors (Lipinski definition) is 1. The molecule has 2 aromatic carbocycles. The number of benzene rings is 2. The zero-order valence-electron chi connectivity index (χ0n) is 14.3. The Kier molecular flexibility index (Phi) is 4.82. The van der Waals surface area contributed by atoms with E-state index < -0.39 is 0 Å². The van der Waals surface area contributed by atoms with Gasteiger partial charge in [0, 0.05) is 11.8 Å². The first kappa shape index (κ1) is 16.8. The summed E-state index contributed by atoms with van der Waals surface area (Å²) in [5.41, 5.74) is 1.75. The van der Waals surface area contributed by atoms with Crippen LogP contribution >= 0.6 is 0 Å². The molecule has 7 heteroatoms. The van der Waals surface area contributed by atoms with Gasteiger partial charge in [0.05, 0.1) is 12.8 Å². The van der Waals surface area contributed by atoms with E-state index in [2.05, 4.69) is 15.5 Å². The van der Waals surface area contributed by atoms with Gasteiger partial charge in [0.15, 0.2) is 5.76 Å². The molecule has 0 spiro atoms. The van der Waals surface area contributed by atoms with Gasteiger partial charge in [0.1, 0.15) is 18.2 Å². The summed E-state index contributed by atoms with van der Waals surface area (Å²) in [7, 11) is 0. The number of nitrogens with one attached hydrogen (secondary N) is 1. The molecule has 1 N–H and O–H groups in total. The molecule has 0 amide bonds. The van der Waals surface area contributed by atoms with Gasteiger partial charge in [-0.15, -0.1) is 0 Å². The molecule has 0 aliphatic heterocycles. The molecular weight excluding hydrogens is 349 g/mol. The number of aromatic nitrogens is 2. The van der Waals surface area contributed by atoms with Crippen LogP contribution in [-0.2, 0) is 13.2 Å². The third kappa shape index (κ3) is 4.33. The van der Waals surface area contributed by atoms with Crippen molar-refractivity contribution in [1.29, 1.82) is 0 Å². The number of ether oxygens (including phenoxy) is 1. The maximum atomic E-state index is 12.9. The van der Waals surface area contributed by atoms with E-state index in [0.29, 0.717) is 36.4 Å². The van der Waals surface area contributed by atoms with E-state index >= 15 is 0 Å². The van der Waals surface area contributed by atoms with Gasteiger partial charge >= 0.3 is 0 Å². The van der Waals surface area contributed by atoms with Crippen LogP contribution in [0.2, 0.25) is 0 Å². The number of furan rings is 1. The molecular formula is C20H16FN3O3. The minimum atomic E-state index is -0.263. The van der Waals surface area contributed by atoms with Crippen LogP contribution in [0.15, 0.2) is 75.9 Å². The zero-order valence-corrected chi connectivity index (χ0v) is 14.3. The van der Waals surface area contributed by atoms with Crippen molar-refractivity contribution in [3.63, 3.8) is 0 Å². The van der Waals surface area contributed by atoms with Gasteiger partial charge in [-0.2, -0.15) is 4.98 Å². The first-order chi connectivity index (χ1) is 13.3. The van der Waals surface area contributed by atoms with Gasteiger partial charge in [-0.25, -0.2) is 4.39 Å². The topological polar surface area (TPSA) is 73.3 Å². The Hall–Kier alpha value is -3.61. The van der Waals surface area contributed by atoms with Gasteiger partial charge in [-0.3, -0.25) is 0 Å². The molecule has 4 aromatic rings. The molecule has 0 unspecified atom stereocenters. The number of nitrogens with zero attached hydrogens (tertiary/aromatic N) is 2. The summed E-state index contributed by atoms with van der Waals surface area (Å²) in [6, 6.07) is 17.3. The van der Waals surface area contributed by atoms with Crippen LogP contribution in [0.5, 0.6) is 5.75 Å². The van der Waals surface area contributed by atoms with Crippen molar-refractivity contribution in [1.82, 2.24) is 10.1 Å². The van der Waals surface area contributed by atoms with Crippen LogP contribution in [0, 0.1) is 5.82 Å². The van der Waals surface area contributed by atoms with Crippen molar-refractivity contribution >= 4 is 5.69 Å². The summed E-state index contributed by atoms with van der Waals surface area (Å²) >= 11 is 0. The quantitative estimate of drug-likeness (QED) is 0.513. The number of anilines is 1. The molecule has 2 heterocycles. The minimum Gasteiger partial charge on any atom is -0.489 e. The summed E-state index contributed by atoms with van der Waals surface area (Å²) in [5, 5.41) is 7.10. The van der Waals surface area contributed by atoms with Crippen molar-refractivity contribution < 1.29 is 18.1 Å². The molecule has 0 aliphatic rings. The van der Waals surface area contributed by atoms with E-state index in [9.17, 15) is 4.39 Å². The molecule has 0 saturated heterocycles. The molecule has 0 atom stereocenters. The normalized spacial score (nSPS) is 10.7. The summed E-state index contributed by atoms with van der Waals surface area (Å²) in [4.78, 5) is 4.28. The fourth-order valence-electron chi connectivity index (χ4n) is 2.45.